The molecular formula is C12H10ClNO3. The van der Waals surface area contributed by atoms with Crippen LogP contribution in [0, 0.1) is 6.92 Å². The molecule has 0 atom stereocenters. The fraction of sp³-hybridized carbons (Fsp3) is 0.167. The van der Waals surface area contributed by atoms with Crippen LogP contribution in [0.3, 0.4) is 0 Å². The molecule has 0 aliphatic heterocycles. The molecule has 17 heavy (non-hydrogen) atoms. The molecule has 88 valence electrons. The van der Waals surface area contributed by atoms with E-state index in [9.17, 15) is 9.59 Å². The molecular weight excluding hydrogens is 242 g/mol. The van der Waals surface area contributed by atoms with Crippen molar-refractivity contribution in [3.8, 4) is 5.75 Å². The minimum atomic E-state index is -1.01. The third-order valence-electron chi connectivity index (χ3n) is 2.53. The maximum absolute atomic E-state index is 11.6. The second-order valence-electron chi connectivity index (χ2n) is 3.69. The number of H-pyrrole nitrogens is 1. The van der Waals surface area contributed by atoms with E-state index in [1.807, 2.05) is 13.0 Å². The third-order valence-corrected chi connectivity index (χ3v) is 2.70. The largest absolute Gasteiger partial charge is 0.496 e. The Bertz CT molecular complexity index is 615. The molecule has 5 heteroatoms. The molecule has 1 N–H and O–H groups in total. The summed E-state index contributed by atoms with van der Waals surface area (Å²) in [5, 5.41) is -0.425. The molecule has 0 radical (unpaired) electrons. The Hall–Kier alpha value is -1.81. The first-order valence-corrected chi connectivity index (χ1v) is 5.32. The number of aromatic amines is 1. The number of fused-ring (bicyclic) bond motifs is 1. The van der Waals surface area contributed by atoms with E-state index in [1.54, 1.807) is 6.07 Å². The highest BCUT2D eigenvalue weighted by atomic mass is 35.5. The molecule has 4 nitrogen and oxygen atoms in total. The molecule has 1 aromatic heterocycles. The lowest BCUT2D eigenvalue weighted by Crippen LogP contribution is -2.06. The predicted octanol–water partition coefficient (Wildman–Crippen LogP) is 2.43. The minimum Gasteiger partial charge on any atom is -0.496 e. The highest BCUT2D eigenvalue weighted by Gasteiger charge is 2.20. The van der Waals surface area contributed by atoms with Gasteiger partial charge in [0.05, 0.1) is 23.6 Å². The molecule has 0 fully saturated rings. The lowest BCUT2D eigenvalue weighted by Gasteiger charge is -2.04. The number of aromatic nitrogens is 1. The minimum absolute atomic E-state index is 0.233. The van der Waals surface area contributed by atoms with Crippen LogP contribution in [-0.2, 0) is 4.79 Å². The highest BCUT2D eigenvalue weighted by molar-refractivity contribution is 6.83. The summed E-state index contributed by atoms with van der Waals surface area (Å²) < 4.78 is 5.21. The van der Waals surface area contributed by atoms with Gasteiger partial charge in [0.1, 0.15) is 5.75 Å². The molecule has 0 unspecified atom stereocenters. The summed E-state index contributed by atoms with van der Waals surface area (Å²) in [6, 6.07) is 3.67. The zero-order valence-corrected chi connectivity index (χ0v) is 10.1. The highest BCUT2D eigenvalue weighted by Crippen LogP contribution is 2.30. The fourth-order valence-corrected chi connectivity index (χ4v) is 1.91. The van der Waals surface area contributed by atoms with Crippen molar-refractivity contribution in [2.24, 2.45) is 0 Å². The number of rotatable bonds is 3. The van der Waals surface area contributed by atoms with Gasteiger partial charge in [0, 0.05) is 6.20 Å². The number of hydrogen-bond acceptors (Lipinski definition) is 3. The number of methoxy groups -OCH3 is 1. The predicted molar refractivity (Wildman–Crippen MR) is 64.8 cm³/mol. The van der Waals surface area contributed by atoms with E-state index in [-0.39, 0.29) is 5.56 Å². The van der Waals surface area contributed by atoms with Crippen molar-refractivity contribution in [2.75, 3.05) is 7.11 Å². The van der Waals surface area contributed by atoms with Crippen LogP contribution in [0.15, 0.2) is 18.3 Å². The van der Waals surface area contributed by atoms with Crippen LogP contribution in [0.2, 0.25) is 0 Å². The van der Waals surface area contributed by atoms with Gasteiger partial charge in [-0.3, -0.25) is 9.59 Å². The molecule has 0 spiro atoms. The molecule has 0 bridgehead atoms. The summed E-state index contributed by atoms with van der Waals surface area (Å²) >= 11 is 5.20. The van der Waals surface area contributed by atoms with Crippen molar-refractivity contribution in [1.82, 2.24) is 4.98 Å². The Kier molecular flexibility index (Phi) is 2.90. The smallest absolute Gasteiger partial charge is 0.293 e. The Morgan fingerprint density at radius 2 is 2.06 bits per heavy atom. The fourth-order valence-electron chi connectivity index (χ4n) is 1.81. The Labute approximate surface area is 103 Å². The van der Waals surface area contributed by atoms with Gasteiger partial charge in [-0.15, -0.1) is 0 Å². The number of aryl methyl sites for hydroxylation is 1. The second-order valence-corrected chi connectivity index (χ2v) is 4.04. The molecule has 0 saturated heterocycles. The summed E-state index contributed by atoms with van der Waals surface area (Å²) in [5.74, 6) is -0.192. The summed E-state index contributed by atoms with van der Waals surface area (Å²) in [6.07, 6.45) is 1.47. The summed E-state index contributed by atoms with van der Waals surface area (Å²) in [7, 11) is 1.51. The summed E-state index contributed by atoms with van der Waals surface area (Å²) in [4.78, 5) is 25.5. The normalized spacial score (nSPS) is 10.5. The van der Waals surface area contributed by atoms with Crippen molar-refractivity contribution in [2.45, 2.75) is 6.92 Å². The summed E-state index contributed by atoms with van der Waals surface area (Å²) in [5.41, 5.74) is 1.97. The van der Waals surface area contributed by atoms with Gasteiger partial charge in [0.25, 0.3) is 5.24 Å². The maximum Gasteiger partial charge on any atom is 0.293 e. The van der Waals surface area contributed by atoms with Crippen LogP contribution in [0.1, 0.15) is 15.9 Å². The topological polar surface area (TPSA) is 59.2 Å². The quantitative estimate of drug-likeness (QED) is 0.518. The molecule has 0 aliphatic rings. The lowest BCUT2D eigenvalue weighted by molar-refractivity contribution is -0.108. The molecule has 1 aromatic carbocycles. The standard InChI is InChI=1S/C12H10ClNO3/c1-6-3-8-10(9(4-6)17-2)7(5-14-8)11(15)12(13)16/h3-5,14H,1-2H3. The molecule has 0 aliphatic carbocycles. The van der Waals surface area contributed by atoms with Crippen LogP contribution >= 0.6 is 11.6 Å². The van der Waals surface area contributed by atoms with Crippen molar-refractivity contribution in [3.05, 3.63) is 29.5 Å². The SMILES string of the molecule is COc1cc(C)cc2[nH]cc(C(=O)C(=O)Cl)c12. The van der Waals surface area contributed by atoms with Crippen LogP contribution in [0.5, 0.6) is 5.75 Å². The van der Waals surface area contributed by atoms with Gasteiger partial charge in [0.2, 0.25) is 5.78 Å². The van der Waals surface area contributed by atoms with Crippen LogP contribution in [-0.4, -0.2) is 23.1 Å². The van der Waals surface area contributed by atoms with E-state index in [0.717, 1.165) is 11.1 Å². The maximum atomic E-state index is 11.6. The van der Waals surface area contributed by atoms with Gasteiger partial charge < -0.3 is 9.72 Å². The third kappa shape index (κ3) is 1.91. The van der Waals surface area contributed by atoms with Gasteiger partial charge in [-0.1, -0.05) is 0 Å². The van der Waals surface area contributed by atoms with Crippen molar-refractivity contribution >= 4 is 33.5 Å². The van der Waals surface area contributed by atoms with Gasteiger partial charge in [-0.25, -0.2) is 0 Å². The van der Waals surface area contributed by atoms with E-state index in [4.69, 9.17) is 16.3 Å². The second kappa shape index (κ2) is 4.22. The average molecular weight is 252 g/mol. The number of ketones is 1. The number of nitrogens with one attached hydrogen (secondary N) is 1. The van der Waals surface area contributed by atoms with Crippen molar-refractivity contribution in [1.29, 1.82) is 0 Å². The Balaban J connectivity index is 2.75. The van der Waals surface area contributed by atoms with E-state index in [0.29, 0.717) is 11.1 Å². The van der Waals surface area contributed by atoms with Crippen LogP contribution in [0.25, 0.3) is 10.9 Å². The number of ether oxygens (including phenoxy) is 1. The molecule has 2 rings (SSSR count). The van der Waals surface area contributed by atoms with Crippen molar-refractivity contribution in [3.63, 3.8) is 0 Å². The number of hydrogen-bond donors (Lipinski definition) is 1. The van der Waals surface area contributed by atoms with E-state index >= 15 is 0 Å². The van der Waals surface area contributed by atoms with E-state index in [2.05, 4.69) is 4.98 Å². The number of benzene rings is 1. The number of Topliss-reactive ketones (excluding diaryl/α,β-unsaturated/α-hetero) is 1. The van der Waals surface area contributed by atoms with Gasteiger partial charge in [-0.2, -0.15) is 0 Å². The Morgan fingerprint density at radius 3 is 2.65 bits per heavy atom. The molecule has 2 aromatic rings. The zero-order chi connectivity index (χ0) is 12.6. The number of carbonyl (C=O) groups is 2. The summed E-state index contributed by atoms with van der Waals surface area (Å²) in [6.45, 7) is 1.91. The van der Waals surface area contributed by atoms with Crippen LogP contribution in [0.4, 0.5) is 0 Å². The van der Waals surface area contributed by atoms with Gasteiger partial charge >= 0.3 is 0 Å². The zero-order valence-electron chi connectivity index (χ0n) is 9.33. The molecule has 0 amide bonds. The van der Waals surface area contributed by atoms with Crippen LogP contribution < -0.4 is 4.74 Å². The number of halogens is 1. The first kappa shape index (κ1) is 11.7. The van der Waals surface area contributed by atoms with Gasteiger partial charge in [-0.05, 0) is 36.2 Å². The Morgan fingerprint density at radius 1 is 1.35 bits per heavy atom. The van der Waals surface area contributed by atoms with Crippen molar-refractivity contribution < 1.29 is 14.3 Å². The first-order valence-electron chi connectivity index (χ1n) is 4.94. The van der Waals surface area contributed by atoms with E-state index < -0.39 is 11.0 Å². The molecule has 1 heterocycles. The average Bonchev–Trinajstić information content (AvgIpc) is 2.70. The monoisotopic (exact) mass is 251 g/mol. The van der Waals surface area contributed by atoms with E-state index in [1.165, 1.54) is 13.3 Å². The van der Waals surface area contributed by atoms with Gasteiger partial charge in [0.15, 0.2) is 0 Å². The molecule has 0 saturated carbocycles. The first-order chi connectivity index (χ1) is 8.04. The number of carbonyl (C=O) groups excluding carboxylic acids is 2. The lowest BCUT2D eigenvalue weighted by atomic mass is 10.1.